The zero-order valence-corrected chi connectivity index (χ0v) is 14.1. The quantitative estimate of drug-likeness (QED) is 0.857. The molecule has 120 valence electrons. The van der Waals surface area contributed by atoms with Gasteiger partial charge in [0.05, 0.1) is 20.9 Å². The lowest BCUT2D eigenvalue weighted by atomic mass is 9.63. The Morgan fingerprint density at radius 1 is 1.27 bits per heavy atom. The van der Waals surface area contributed by atoms with Crippen LogP contribution in [0, 0.1) is 5.41 Å². The van der Waals surface area contributed by atoms with Crippen LogP contribution in [0.3, 0.4) is 0 Å². The van der Waals surface area contributed by atoms with Gasteiger partial charge in [-0.3, -0.25) is 9.59 Å². The van der Waals surface area contributed by atoms with Crippen molar-refractivity contribution in [2.45, 2.75) is 38.5 Å². The van der Waals surface area contributed by atoms with Crippen LogP contribution in [0.4, 0.5) is 0 Å². The number of benzene rings is 1. The van der Waals surface area contributed by atoms with E-state index in [4.69, 9.17) is 28.3 Å². The summed E-state index contributed by atoms with van der Waals surface area (Å²) in [7, 11) is 0. The predicted octanol–water partition coefficient (Wildman–Crippen LogP) is 3.64. The number of carboxylic acids is 1. The molecule has 0 aliphatic heterocycles. The van der Waals surface area contributed by atoms with Crippen molar-refractivity contribution in [1.82, 2.24) is 5.32 Å². The first-order chi connectivity index (χ1) is 10.2. The Morgan fingerprint density at radius 3 is 2.36 bits per heavy atom. The van der Waals surface area contributed by atoms with Crippen LogP contribution in [0.1, 0.15) is 38.7 Å². The minimum Gasteiger partial charge on any atom is -0.481 e. The van der Waals surface area contributed by atoms with Gasteiger partial charge < -0.3 is 10.4 Å². The molecular weight excluding hydrogens is 325 g/mol. The summed E-state index contributed by atoms with van der Waals surface area (Å²) in [4.78, 5) is 23.8. The van der Waals surface area contributed by atoms with Crippen LogP contribution in [0.2, 0.25) is 10.0 Å². The van der Waals surface area contributed by atoms with Crippen LogP contribution >= 0.6 is 23.2 Å². The molecule has 0 atom stereocenters. The number of hydrogen-bond donors (Lipinski definition) is 2. The molecule has 0 aromatic heterocycles. The molecule has 0 saturated heterocycles. The van der Waals surface area contributed by atoms with Gasteiger partial charge in [-0.1, -0.05) is 35.7 Å². The molecule has 1 aromatic carbocycles. The van der Waals surface area contributed by atoms with Gasteiger partial charge in [0.25, 0.3) is 0 Å². The fourth-order valence-electron chi connectivity index (χ4n) is 2.52. The fraction of sp³-hybridized carbons (Fsp3) is 0.500. The van der Waals surface area contributed by atoms with E-state index in [1.165, 1.54) is 0 Å². The third kappa shape index (κ3) is 3.08. The van der Waals surface area contributed by atoms with Gasteiger partial charge in [-0.15, -0.1) is 0 Å². The summed E-state index contributed by atoms with van der Waals surface area (Å²) in [5, 5.41) is 12.8. The van der Waals surface area contributed by atoms with Crippen LogP contribution < -0.4 is 5.32 Å². The van der Waals surface area contributed by atoms with E-state index in [0.717, 1.165) is 24.8 Å². The van der Waals surface area contributed by atoms with Gasteiger partial charge in [0.2, 0.25) is 5.91 Å². The van der Waals surface area contributed by atoms with Gasteiger partial charge in [-0.05, 0) is 44.4 Å². The highest BCUT2D eigenvalue weighted by Crippen LogP contribution is 2.45. The van der Waals surface area contributed by atoms with E-state index in [9.17, 15) is 9.59 Å². The van der Waals surface area contributed by atoms with Gasteiger partial charge in [0.15, 0.2) is 0 Å². The number of carboxylic acid groups (broad SMARTS) is 1. The van der Waals surface area contributed by atoms with E-state index in [1.54, 1.807) is 26.0 Å². The van der Waals surface area contributed by atoms with Crippen molar-refractivity contribution in [1.29, 1.82) is 0 Å². The van der Waals surface area contributed by atoms with Crippen molar-refractivity contribution < 1.29 is 14.7 Å². The predicted molar refractivity (Wildman–Crippen MR) is 86.4 cm³/mol. The first-order valence-electron chi connectivity index (χ1n) is 7.16. The SMILES string of the molecule is CC(C)(CNC(=O)C1(c2ccc(Cl)c(Cl)c2)CCC1)C(=O)O. The summed E-state index contributed by atoms with van der Waals surface area (Å²) < 4.78 is 0. The molecule has 1 aliphatic rings. The second-order valence-electron chi connectivity index (χ2n) is 6.44. The van der Waals surface area contributed by atoms with Gasteiger partial charge in [-0.2, -0.15) is 0 Å². The highest BCUT2D eigenvalue weighted by atomic mass is 35.5. The Balaban J connectivity index is 2.18. The van der Waals surface area contributed by atoms with Crippen molar-refractivity contribution in [3.63, 3.8) is 0 Å². The van der Waals surface area contributed by atoms with Crippen LogP contribution in [0.15, 0.2) is 18.2 Å². The molecule has 2 N–H and O–H groups in total. The average Bonchev–Trinajstić information content (AvgIpc) is 2.39. The number of nitrogens with one attached hydrogen (secondary N) is 1. The molecule has 6 heteroatoms. The maximum Gasteiger partial charge on any atom is 0.310 e. The van der Waals surface area contributed by atoms with E-state index < -0.39 is 16.8 Å². The number of carbonyl (C=O) groups excluding carboxylic acids is 1. The number of rotatable bonds is 5. The van der Waals surface area contributed by atoms with E-state index in [2.05, 4.69) is 5.32 Å². The largest absolute Gasteiger partial charge is 0.481 e. The molecule has 1 aromatic rings. The lowest BCUT2D eigenvalue weighted by molar-refractivity contribution is -0.147. The molecule has 1 amide bonds. The van der Waals surface area contributed by atoms with E-state index in [-0.39, 0.29) is 12.5 Å². The molecule has 1 aliphatic carbocycles. The van der Waals surface area contributed by atoms with Crippen LogP contribution in [0.5, 0.6) is 0 Å². The van der Waals surface area contributed by atoms with Gasteiger partial charge in [0.1, 0.15) is 0 Å². The van der Waals surface area contributed by atoms with E-state index in [1.807, 2.05) is 6.07 Å². The molecule has 4 nitrogen and oxygen atoms in total. The van der Waals surface area contributed by atoms with Crippen molar-refractivity contribution in [3.8, 4) is 0 Å². The van der Waals surface area contributed by atoms with E-state index >= 15 is 0 Å². The fourth-order valence-corrected chi connectivity index (χ4v) is 2.82. The van der Waals surface area contributed by atoms with Crippen molar-refractivity contribution in [2.24, 2.45) is 5.41 Å². The van der Waals surface area contributed by atoms with Gasteiger partial charge in [-0.25, -0.2) is 0 Å². The molecule has 2 rings (SSSR count). The Kier molecular flexibility index (Phi) is 4.73. The molecule has 1 saturated carbocycles. The molecule has 0 bridgehead atoms. The summed E-state index contributed by atoms with van der Waals surface area (Å²) in [6.07, 6.45) is 2.41. The molecule has 1 fully saturated rings. The highest BCUT2D eigenvalue weighted by molar-refractivity contribution is 6.42. The molecule has 0 heterocycles. The summed E-state index contributed by atoms with van der Waals surface area (Å²) in [6.45, 7) is 3.26. The average molecular weight is 344 g/mol. The maximum absolute atomic E-state index is 12.6. The van der Waals surface area contributed by atoms with E-state index in [0.29, 0.717) is 10.0 Å². The second kappa shape index (κ2) is 6.09. The second-order valence-corrected chi connectivity index (χ2v) is 7.25. The summed E-state index contributed by atoms with van der Waals surface area (Å²) in [5.41, 5.74) is -0.792. The molecule has 0 radical (unpaired) electrons. The van der Waals surface area contributed by atoms with Crippen LogP contribution in [0.25, 0.3) is 0 Å². The summed E-state index contributed by atoms with van der Waals surface area (Å²) in [5.74, 6) is -1.09. The smallest absolute Gasteiger partial charge is 0.310 e. The van der Waals surface area contributed by atoms with Gasteiger partial charge >= 0.3 is 5.97 Å². The first kappa shape index (κ1) is 17.1. The Labute approximate surface area is 139 Å². The molecule has 22 heavy (non-hydrogen) atoms. The number of aliphatic carboxylic acids is 1. The highest BCUT2D eigenvalue weighted by Gasteiger charge is 2.46. The normalized spacial score (nSPS) is 16.7. The number of hydrogen-bond acceptors (Lipinski definition) is 2. The zero-order chi connectivity index (χ0) is 16.5. The van der Waals surface area contributed by atoms with Crippen molar-refractivity contribution >= 4 is 35.1 Å². The Hall–Kier alpha value is -1.26. The molecule has 0 spiro atoms. The monoisotopic (exact) mass is 343 g/mol. The lowest BCUT2D eigenvalue weighted by Gasteiger charge is -2.41. The maximum atomic E-state index is 12.6. The van der Waals surface area contributed by atoms with Crippen molar-refractivity contribution in [3.05, 3.63) is 33.8 Å². The van der Waals surface area contributed by atoms with Crippen LogP contribution in [-0.2, 0) is 15.0 Å². The van der Waals surface area contributed by atoms with Crippen LogP contribution in [-0.4, -0.2) is 23.5 Å². The third-order valence-corrected chi connectivity index (χ3v) is 5.12. The zero-order valence-electron chi connectivity index (χ0n) is 12.6. The summed E-state index contributed by atoms with van der Waals surface area (Å²) >= 11 is 12.0. The van der Waals surface area contributed by atoms with Crippen molar-refractivity contribution in [2.75, 3.05) is 6.54 Å². The number of amides is 1. The first-order valence-corrected chi connectivity index (χ1v) is 7.92. The number of halogens is 2. The topological polar surface area (TPSA) is 66.4 Å². The standard InChI is InChI=1S/C16H19Cl2NO3/c1-15(2,14(21)22)9-19-13(20)16(6-3-7-16)10-4-5-11(17)12(18)8-10/h4-5,8H,3,6-7,9H2,1-2H3,(H,19,20)(H,21,22). The lowest BCUT2D eigenvalue weighted by Crippen LogP contribution is -2.51. The number of carbonyl (C=O) groups is 2. The summed E-state index contributed by atoms with van der Waals surface area (Å²) in [6, 6.07) is 5.23. The Bertz CT molecular complexity index is 609. The minimum absolute atomic E-state index is 0.0875. The minimum atomic E-state index is -1.00. The van der Waals surface area contributed by atoms with Gasteiger partial charge in [0, 0.05) is 6.54 Å². The molecular formula is C16H19Cl2NO3. The Morgan fingerprint density at radius 2 is 1.91 bits per heavy atom. The third-order valence-electron chi connectivity index (χ3n) is 4.38. The molecule has 0 unspecified atom stereocenters.